The molecular formula is C13H16N4O2. The summed E-state index contributed by atoms with van der Waals surface area (Å²) in [5.74, 6) is 0.747. The Balaban J connectivity index is 2.27. The van der Waals surface area contributed by atoms with Gasteiger partial charge in [0.05, 0.1) is 6.61 Å². The molecule has 0 saturated carbocycles. The maximum absolute atomic E-state index is 5.61. The molecule has 0 unspecified atom stereocenters. The Kier molecular flexibility index (Phi) is 3.79. The second-order valence-corrected chi connectivity index (χ2v) is 4.06. The zero-order chi connectivity index (χ0) is 13.8. The topological polar surface area (TPSA) is 83.2 Å². The van der Waals surface area contributed by atoms with Gasteiger partial charge in [0.2, 0.25) is 5.95 Å². The summed E-state index contributed by atoms with van der Waals surface area (Å²) >= 11 is 0. The third-order valence-corrected chi connectivity index (χ3v) is 2.42. The molecule has 2 rings (SSSR count). The van der Waals surface area contributed by atoms with Gasteiger partial charge in [-0.15, -0.1) is 4.98 Å². The predicted octanol–water partition coefficient (Wildman–Crippen LogP) is 2.26. The lowest BCUT2D eigenvalue weighted by Crippen LogP contribution is -2.05. The van der Waals surface area contributed by atoms with Crippen molar-refractivity contribution in [1.82, 2.24) is 15.0 Å². The molecule has 1 aromatic heterocycles. The Morgan fingerprint density at radius 2 is 1.84 bits per heavy atom. The van der Waals surface area contributed by atoms with E-state index in [0.717, 1.165) is 11.1 Å². The van der Waals surface area contributed by atoms with Crippen LogP contribution < -0.4 is 15.2 Å². The van der Waals surface area contributed by atoms with Crippen molar-refractivity contribution in [2.45, 2.75) is 20.8 Å². The second-order valence-electron chi connectivity index (χ2n) is 4.06. The van der Waals surface area contributed by atoms with Crippen LogP contribution in [0, 0.1) is 13.8 Å². The summed E-state index contributed by atoms with van der Waals surface area (Å²) in [7, 11) is 0. The first-order valence-electron chi connectivity index (χ1n) is 5.98. The van der Waals surface area contributed by atoms with Gasteiger partial charge >= 0.3 is 12.0 Å². The first-order valence-corrected chi connectivity index (χ1v) is 5.98. The van der Waals surface area contributed by atoms with Crippen molar-refractivity contribution in [3.8, 4) is 17.8 Å². The Bertz CT molecular complexity index is 587. The molecule has 0 fully saturated rings. The van der Waals surface area contributed by atoms with Gasteiger partial charge in [0, 0.05) is 0 Å². The van der Waals surface area contributed by atoms with Crippen LogP contribution in [-0.2, 0) is 0 Å². The molecule has 6 heteroatoms. The van der Waals surface area contributed by atoms with Gasteiger partial charge in [0.1, 0.15) is 5.75 Å². The number of hydrogen-bond donors (Lipinski definition) is 1. The highest BCUT2D eigenvalue weighted by Gasteiger charge is 2.09. The van der Waals surface area contributed by atoms with E-state index in [1.165, 1.54) is 0 Å². The zero-order valence-corrected chi connectivity index (χ0v) is 11.2. The van der Waals surface area contributed by atoms with Crippen molar-refractivity contribution in [2.75, 3.05) is 12.3 Å². The van der Waals surface area contributed by atoms with Crippen LogP contribution in [0.1, 0.15) is 18.1 Å². The van der Waals surface area contributed by atoms with Gasteiger partial charge in [-0.25, -0.2) is 0 Å². The second kappa shape index (κ2) is 5.51. The highest BCUT2D eigenvalue weighted by Crippen LogP contribution is 2.24. The van der Waals surface area contributed by atoms with Crippen LogP contribution >= 0.6 is 0 Å². The molecule has 0 saturated heterocycles. The van der Waals surface area contributed by atoms with E-state index in [0.29, 0.717) is 12.4 Å². The van der Waals surface area contributed by atoms with Crippen LogP contribution in [0.4, 0.5) is 5.95 Å². The van der Waals surface area contributed by atoms with Crippen molar-refractivity contribution in [3.05, 3.63) is 29.3 Å². The molecular weight excluding hydrogens is 244 g/mol. The van der Waals surface area contributed by atoms with Crippen molar-refractivity contribution in [2.24, 2.45) is 0 Å². The van der Waals surface area contributed by atoms with Gasteiger partial charge in [0.25, 0.3) is 0 Å². The van der Waals surface area contributed by atoms with Crippen LogP contribution in [0.25, 0.3) is 0 Å². The number of nitrogens with zero attached hydrogens (tertiary/aromatic N) is 3. The van der Waals surface area contributed by atoms with Crippen molar-refractivity contribution < 1.29 is 9.47 Å². The van der Waals surface area contributed by atoms with Gasteiger partial charge < -0.3 is 15.2 Å². The van der Waals surface area contributed by atoms with Crippen molar-refractivity contribution >= 4 is 5.95 Å². The molecule has 1 aromatic carbocycles. The Morgan fingerprint density at radius 3 is 2.53 bits per heavy atom. The van der Waals surface area contributed by atoms with Crippen molar-refractivity contribution in [3.63, 3.8) is 0 Å². The van der Waals surface area contributed by atoms with Gasteiger partial charge in [0.15, 0.2) is 0 Å². The molecule has 2 aromatic rings. The summed E-state index contributed by atoms with van der Waals surface area (Å²) < 4.78 is 10.8. The third-order valence-electron chi connectivity index (χ3n) is 2.42. The number of ether oxygens (including phenoxy) is 2. The van der Waals surface area contributed by atoms with E-state index < -0.39 is 0 Å². The van der Waals surface area contributed by atoms with Gasteiger partial charge in [-0.3, -0.25) is 0 Å². The van der Waals surface area contributed by atoms with Crippen LogP contribution in [0.2, 0.25) is 0 Å². The minimum Gasteiger partial charge on any atom is -0.464 e. The lowest BCUT2D eigenvalue weighted by Gasteiger charge is -2.09. The number of benzene rings is 1. The van der Waals surface area contributed by atoms with Crippen LogP contribution in [0.3, 0.4) is 0 Å². The van der Waals surface area contributed by atoms with E-state index >= 15 is 0 Å². The molecule has 19 heavy (non-hydrogen) atoms. The molecule has 0 radical (unpaired) electrons. The summed E-state index contributed by atoms with van der Waals surface area (Å²) in [6.45, 7) is 6.26. The highest BCUT2D eigenvalue weighted by atomic mass is 16.5. The minimum atomic E-state index is 0.0678. The molecule has 0 amide bonds. The number of aryl methyl sites for hydroxylation is 2. The number of nitrogens with two attached hydrogens (primary N) is 1. The largest absolute Gasteiger partial charge is 0.464 e. The zero-order valence-electron chi connectivity index (χ0n) is 11.2. The molecule has 0 spiro atoms. The lowest BCUT2D eigenvalue weighted by molar-refractivity contribution is 0.304. The van der Waals surface area contributed by atoms with Crippen LogP contribution in [-0.4, -0.2) is 21.6 Å². The normalized spacial score (nSPS) is 10.3. The van der Waals surface area contributed by atoms with E-state index in [-0.39, 0.29) is 18.0 Å². The SMILES string of the molecule is CCOc1nc(N)nc(Oc2ccc(C)cc2C)n1. The fourth-order valence-corrected chi connectivity index (χ4v) is 1.60. The first kappa shape index (κ1) is 13.1. The number of anilines is 1. The maximum atomic E-state index is 5.61. The molecule has 1 heterocycles. The fraction of sp³-hybridized carbons (Fsp3) is 0.308. The first-order chi connectivity index (χ1) is 9.08. The van der Waals surface area contributed by atoms with E-state index in [1.807, 2.05) is 39.0 Å². The average Bonchev–Trinajstić information content (AvgIpc) is 2.32. The molecule has 0 aliphatic heterocycles. The number of aromatic nitrogens is 3. The van der Waals surface area contributed by atoms with Gasteiger partial charge in [-0.1, -0.05) is 17.7 Å². The van der Waals surface area contributed by atoms with Gasteiger partial charge in [-0.05, 0) is 32.4 Å². The minimum absolute atomic E-state index is 0.0678. The number of hydrogen-bond acceptors (Lipinski definition) is 6. The van der Waals surface area contributed by atoms with Crippen LogP contribution in [0.15, 0.2) is 18.2 Å². The molecule has 0 aliphatic carbocycles. The summed E-state index contributed by atoms with van der Waals surface area (Å²) in [6, 6.07) is 6.13. The smallest absolute Gasteiger partial charge is 0.330 e. The molecule has 6 nitrogen and oxygen atoms in total. The van der Waals surface area contributed by atoms with E-state index in [2.05, 4.69) is 15.0 Å². The summed E-state index contributed by atoms with van der Waals surface area (Å²) in [5.41, 5.74) is 7.74. The third kappa shape index (κ3) is 3.31. The quantitative estimate of drug-likeness (QED) is 0.907. The van der Waals surface area contributed by atoms with E-state index in [1.54, 1.807) is 0 Å². The van der Waals surface area contributed by atoms with Crippen LogP contribution in [0.5, 0.6) is 17.8 Å². The summed E-state index contributed by atoms with van der Waals surface area (Å²) in [4.78, 5) is 11.8. The molecule has 0 atom stereocenters. The fourth-order valence-electron chi connectivity index (χ4n) is 1.60. The number of nitrogen functional groups attached to an aromatic ring is 1. The monoisotopic (exact) mass is 260 g/mol. The molecule has 0 bridgehead atoms. The molecule has 2 N–H and O–H groups in total. The standard InChI is InChI=1S/C13H16N4O2/c1-4-18-12-15-11(14)16-13(17-12)19-10-6-5-8(2)7-9(10)3/h5-7H,4H2,1-3H3,(H2,14,15,16,17). The predicted molar refractivity (Wildman–Crippen MR) is 71.4 cm³/mol. The summed E-state index contributed by atoms with van der Waals surface area (Å²) in [6.07, 6.45) is 0. The van der Waals surface area contributed by atoms with Crippen molar-refractivity contribution in [1.29, 1.82) is 0 Å². The highest BCUT2D eigenvalue weighted by molar-refractivity contribution is 5.37. The average molecular weight is 260 g/mol. The van der Waals surface area contributed by atoms with E-state index in [4.69, 9.17) is 15.2 Å². The summed E-state index contributed by atoms with van der Waals surface area (Å²) in [5, 5.41) is 0. The number of rotatable bonds is 4. The van der Waals surface area contributed by atoms with E-state index in [9.17, 15) is 0 Å². The Morgan fingerprint density at radius 1 is 1.11 bits per heavy atom. The Labute approximate surface area is 111 Å². The molecule has 0 aliphatic rings. The lowest BCUT2D eigenvalue weighted by atomic mass is 10.1. The Hall–Kier alpha value is -2.37. The maximum Gasteiger partial charge on any atom is 0.330 e. The van der Waals surface area contributed by atoms with Gasteiger partial charge in [-0.2, -0.15) is 9.97 Å². The molecule has 100 valence electrons.